The smallest absolute Gasteiger partial charge is 0.323 e. The number of allylic oxidation sites excluding steroid dienone is 2. The zero-order valence-corrected chi connectivity index (χ0v) is 8.29. The number of ketones is 1. The van der Waals surface area contributed by atoms with Gasteiger partial charge in [-0.05, 0) is 12.8 Å². The summed E-state index contributed by atoms with van der Waals surface area (Å²) in [5, 5.41) is 0. The van der Waals surface area contributed by atoms with E-state index in [0.717, 1.165) is 0 Å². The molecular weight excluding hydrogens is 180 g/mol. The molecule has 14 heavy (non-hydrogen) atoms. The van der Waals surface area contributed by atoms with Gasteiger partial charge >= 0.3 is 5.97 Å². The number of rotatable bonds is 3. The molecule has 0 amide bonds. The van der Waals surface area contributed by atoms with Crippen LogP contribution in [0.1, 0.15) is 19.3 Å². The molecule has 0 radical (unpaired) electrons. The minimum absolute atomic E-state index is 0.0771. The number of methoxy groups -OCH3 is 1. The van der Waals surface area contributed by atoms with Gasteiger partial charge in [0, 0.05) is 6.42 Å². The molecule has 0 aromatic carbocycles. The molecule has 1 atom stereocenters. The van der Waals surface area contributed by atoms with Gasteiger partial charge in [0.15, 0.2) is 5.78 Å². The predicted octanol–water partition coefficient (Wildman–Crippen LogP) is 1.64. The van der Waals surface area contributed by atoms with E-state index in [9.17, 15) is 9.59 Å². The second-order valence-electron chi connectivity index (χ2n) is 3.32. The lowest BCUT2D eigenvalue weighted by molar-refractivity contribution is -0.154. The van der Waals surface area contributed by atoms with Crippen LogP contribution in [-0.4, -0.2) is 18.9 Å². The first kappa shape index (κ1) is 10.7. The first-order valence-electron chi connectivity index (χ1n) is 4.57. The highest BCUT2D eigenvalue weighted by atomic mass is 16.5. The number of ether oxygens (including phenoxy) is 1. The molecule has 0 aliphatic heterocycles. The maximum Gasteiger partial charge on any atom is 0.323 e. The summed E-state index contributed by atoms with van der Waals surface area (Å²) in [6, 6.07) is 0. The number of Topliss-reactive ketones (excluding diaryl/α,β-unsaturated/α-hetero) is 1. The van der Waals surface area contributed by atoms with Crippen molar-refractivity contribution in [1.82, 2.24) is 0 Å². The Morgan fingerprint density at radius 1 is 1.79 bits per heavy atom. The van der Waals surface area contributed by atoms with Crippen LogP contribution in [0.3, 0.4) is 0 Å². The Kier molecular flexibility index (Phi) is 3.23. The number of esters is 1. The Hall–Kier alpha value is -1.38. The van der Waals surface area contributed by atoms with Gasteiger partial charge < -0.3 is 4.74 Å². The van der Waals surface area contributed by atoms with E-state index in [0.29, 0.717) is 19.3 Å². The van der Waals surface area contributed by atoms with E-state index in [4.69, 9.17) is 0 Å². The summed E-state index contributed by atoms with van der Waals surface area (Å²) in [6.45, 7) is 3.56. The Morgan fingerprint density at radius 3 is 3.00 bits per heavy atom. The van der Waals surface area contributed by atoms with Crippen LogP contribution in [-0.2, 0) is 14.3 Å². The van der Waals surface area contributed by atoms with Crippen LogP contribution in [0.2, 0.25) is 0 Å². The molecule has 0 N–H and O–H groups in total. The highest BCUT2D eigenvalue weighted by molar-refractivity contribution is 6.06. The normalized spacial score (nSPS) is 25.9. The lowest BCUT2D eigenvalue weighted by atomic mass is 9.75. The van der Waals surface area contributed by atoms with Gasteiger partial charge in [-0.15, -0.1) is 6.58 Å². The molecule has 0 saturated carbocycles. The Balaban J connectivity index is 3.06. The third-order valence-electron chi connectivity index (χ3n) is 2.45. The summed E-state index contributed by atoms with van der Waals surface area (Å²) in [7, 11) is 1.29. The van der Waals surface area contributed by atoms with Gasteiger partial charge in [0.05, 0.1) is 7.11 Å². The van der Waals surface area contributed by atoms with Crippen LogP contribution in [0.4, 0.5) is 0 Å². The fourth-order valence-corrected chi connectivity index (χ4v) is 1.67. The van der Waals surface area contributed by atoms with E-state index in [1.54, 1.807) is 12.2 Å². The molecule has 0 heterocycles. The molecular formula is C11H14O3. The number of carbonyl (C=O) groups is 2. The van der Waals surface area contributed by atoms with E-state index >= 15 is 0 Å². The van der Waals surface area contributed by atoms with Crippen molar-refractivity contribution >= 4 is 11.8 Å². The highest BCUT2D eigenvalue weighted by Gasteiger charge is 2.43. The number of carbonyl (C=O) groups excluding carboxylic acids is 2. The number of hydrogen-bond donors (Lipinski definition) is 0. The summed E-state index contributed by atoms with van der Waals surface area (Å²) >= 11 is 0. The van der Waals surface area contributed by atoms with Crippen LogP contribution in [0.15, 0.2) is 24.8 Å². The van der Waals surface area contributed by atoms with Crippen molar-refractivity contribution in [1.29, 1.82) is 0 Å². The molecule has 0 aromatic heterocycles. The van der Waals surface area contributed by atoms with Crippen molar-refractivity contribution in [3.05, 3.63) is 24.8 Å². The molecule has 0 aromatic rings. The van der Waals surface area contributed by atoms with Crippen molar-refractivity contribution < 1.29 is 14.3 Å². The summed E-state index contributed by atoms with van der Waals surface area (Å²) < 4.78 is 4.66. The lowest BCUT2D eigenvalue weighted by Gasteiger charge is -2.27. The summed E-state index contributed by atoms with van der Waals surface area (Å²) in [5.41, 5.74) is -1.10. The van der Waals surface area contributed by atoms with Gasteiger partial charge in [-0.2, -0.15) is 0 Å². The molecule has 0 saturated heterocycles. The van der Waals surface area contributed by atoms with Gasteiger partial charge in [-0.3, -0.25) is 9.59 Å². The molecule has 0 fully saturated rings. The third-order valence-corrected chi connectivity index (χ3v) is 2.45. The molecule has 3 heteroatoms. The topological polar surface area (TPSA) is 43.4 Å². The van der Waals surface area contributed by atoms with Crippen molar-refractivity contribution in [2.75, 3.05) is 7.11 Å². The maximum absolute atomic E-state index is 11.7. The van der Waals surface area contributed by atoms with Crippen LogP contribution in [0, 0.1) is 5.41 Å². The minimum Gasteiger partial charge on any atom is -0.468 e. The third kappa shape index (κ3) is 1.62. The standard InChI is InChI=1S/C11H14O3/c1-3-7-11(10(13)14-2)8-5-4-6-9(11)12/h3,5,8H,1,4,6-7H2,2H3. The average molecular weight is 194 g/mol. The van der Waals surface area contributed by atoms with Crippen LogP contribution in [0.25, 0.3) is 0 Å². The van der Waals surface area contributed by atoms with Crippen molar-refractivity contribution in [3.63, 3.8) is 0 Å². The highest BCUT2D eigenvalue weighted by Crippen LogP contribution is 2.33. The van der Waals surface area contributed by atoms with Crippen LogP contribution >= 0.6 is 0 Å². The Bertz CT molecular complexity index is 291. The number of hydrogen-bond acceptors (Lipinski definition) is 3. The molecule has 76 valence electrons. The zero-order valence-electron chi connectivity index (χ0n) is 8.29. The minimum atomic E-state index is -1.10. The monoisotopic (exact) mass is 194 g/mol. The average Bonchev–Trinajstić information content (AvgIpc) is 2.20. The molecule has 0 bridgehead atoms. The van der Waals surface area contributed by atoms with Gasteiger partial charge in [-0.25, -0.2) is 0 Å². The van der Waals surface area contributed by atoms with Gasteiger partial charge in [0.1, 0.15) is 5.41 Å². The Morgan fingerprint density at radius 2 is 2.50 bits per heavy atom. The van der Waals surface area contributed by atoms with E-state index < -0.39 is 11.4 Å². The predicted molar refractivity (Wildman–Crippen MR) is 52.6 cm³/mol. The molecule has 0 spiro atoms. The molecule has 1 unspecified atom stereocenters. The van der Waals surface area contributed by atoms with Crippen molar-refractivity contribution in [2.45, 2.75) is 19.3 Å². The van der Waals surface area contributed by atoms with Crippen LogP contribution in [0.5, 0.6) is 0 Å². The first-order valence-corrected chi connectivity index (χ1v) is 4.57. The van der Waals surface area contributed by atoms with E-state index in [1.165, 1.54) is 7.11 Å². The second kappa shape index (κ2) is 4.22. The van der Waals surface area contributed by atoms with Crippen molar-refractivity contribution in [2.24, 2.45) is 5.41 Å². The van der Waals surface area contributed by atoms with Crippen LogP contribution < -0.4 is 0 Å². The van der Waals surface area contributed by atoms with Crippen molar-refractivity contribution in [3.8, 4) is 0 Å². The van der Waals surface area contributed by atoms with E-state index in [1.807, 2.05) is 6.08 Å². The fourth-order valence-electron chi connectivity index (χ4n) is 1.67. The Labute approximate surface area is 83.4 Å². The van der Waals surface area contributed by atoms with Gasteiger partial charge in [0.25, 0.3) is 0 Å². The lowest BCUT2D eigenvalue weighted by Crippen LogP contribution is -2.39. The van der Waals surface area contributed by atoms with E-state index in [-0.39, 0.29) is 5.78 Å². The first-order chi connectivity index (χ1) is 6.67. The molecule has 3 nitrogen and oxygen atoms in total. The summed E-state index contributed by atoms with van der Waals surface area (Å²) in [6.07, 6.45) is 6.49. The largest absolute Gasteiger partial charge is 0.468 e. The zero-order chi connectivity index (χ0) is 10.6. The fraction of sp³-hybridized carbons (Fsp3) is 0.455. The maximum atomic E-state index is 11.7. The van der Waals surface area contributed by atoms with Gasteiger partial charge in [0.2, 0.25) is 0 Å². The molecule has 1 aliphatic rings. The molecule has 1 aliphatic carbocycles. The van der Waals surface area contributed by atoms with E-state index in [2.05, 4.69) is 11.3 Å². The SMILES string of the molecule is C=CCC1(C(=O)OC)C=CCCC1=O. The summed E-state index contributed by atoms with van der Waals surface area (Å²) in [4.78, 5) is 23.3. The second-order valence-corrected chi connectivity index (χ2v) is 3.32. The molecule has 1 rings (SSSR count). The van der Waals surface area contributed by atoms with Gasteiger partial charge in [-0.1, -0.05) is 18.2 Å². The quantitative estimate of drug-likeness (QED) is 0.389. The summed E-state index contributed by atoms with van der Waals surface area (Å²) in [5.74, 6) is -0.565.